The van der Waals surface area contributed by atoms with E-state index in [4.69, 9.17) is 4.42 Å². The van der Waals surface area contributed by atoms with E-state index in [1.165, 1.54) is 60.5 Å². The van der Waals surface area contributed by atoms with Crippen molar-refractivity contribution in [3.63, 3.8) is 0 Å². The molecule has 1 nitrogen and oxygen atoms in total. The third kappa shape index (κ3) is 5.97. The third-order valence-electron chi connectivity index (χ3n) is 11.8. The molecule has 0 radical (unpaired) electrons. The van der Waals surface area contributed by atoms with Gasteiger partial charge in [0.1, 0.15) is 11.2 Å². The Bertz CT molecular complexity index is 3270. The Morgan fingerprint density at radius 1 is 0.310 bits per heavy atom. The molecule has 1 unspecified atom stereocenters. The first-order chi connectivity index (χ1) is 28.7. The fourth-order valence-corrected chi connectivity index (χ4v) is 8.97. The van der Waals surface area contributed by atoms with Crippen molar-refractivity contribution < 1.29 is 4.42 Å². The second kappa shape index (κ2) is 14.2. The first-order valence-electron chi connectivity index (χ1n) is 20.0. The van der Waals surface area contributed by atoms with Crippen LogP contribution in [0.4, 0.5) is 0 Å². The van der Waals surface area contributed by atoms with Crippen molar-refractivity contribution in [1.82, 2.24) is 0 Å². The maximum absolute atomic E-state index is 6.78. The van der Waals surface area contributed by atoms with E-state index in [1.807, 2.05) is 0 Å². The lowest BCUT2D eigenvalue weighted by molar-refractivity contribution is 0.670. The minimum Gasteiger partial charge on any atom is -0.455 e. The topological polar surface area (TPSA) is 13.1 Å². The van der Waals surface area contributed by atoms with Gasteiger partial charge >= 0.3 is 0 Å². The van der Waals surface area contributed by atoms with Gasteiger partial charge in [-0.3, -0.25) is 0 Å². The largest absolute Gasteiger partial charge is 0.455 e. The molecule has 0 N–H and O–H groups in total. The molecule has 0 saturated carbocycles. The summed E-state index contributed by atoms with van der Waals surface area (Å²) in [6, 6.07) is 81.5. The highest BCUT2D eigenvalue weighted by Gasteiger charge is 2.22. The maximum Gasteiger partial charge on any atom is 0.143 e. The van der Waals surface area contributed by atoms with Gasteiger partial charge in [-0.1, -0.05) is 200 Å². The van der Waals surface area contributed by atoms with E-state index in [9.17, 15) is 0 Å². The van der Waals surface area contributed by atoms with Crippen LogP contribution in [0.3, 0.4) is 0 Å². The molecule has 1 aromatic heterocycles. The normalized spacial score (nSPS) is 12.1. The van der Waals surface area contributed by atoms with Crippen molar-refractivity contribution in [3.8, 4) is 44.5 Å². The Morgan fingerprint density at radius 2 is 0.897 bits per heavy atom. The number of benzene rings is 10. The van der Waals surface area contributed by atoms with Crippen LogP contribution in [0.25, 0.3) is 88.0 Å². The number of para-hydroxylation sites is 1. The van der Waals surface area contributed by atoms with Crippen LogP contribution in [-0.4, -0.2) is 0 Å². The molecule has 11 rings (SSSR count). The first-order valence-corrected chi connectivity index (χ1v) is 20.0. The van der Waals surface area contributed by atoms with Crippen molar-refractivity contribution in [3.05, 3.63) is 241 Å². The zero-order valence-corrected chi connectivity index (χ0v) is 31.8. The van der Waals surface area contributed by atoms with Crippen LogP contribution in [0.5, 0.6) is 0 Å². The van der Waals surface area contributed by atoms with Crippen molar-refractivity contribution >= 4 is 43.5 Å². The summed E-state index contributed by atoms with van der Waals surface area (Å²) < 4.78 is 6.78. The summed E-state index contributed by atoms with van der Waals surface area (Å²) in [6.07, 6.45) is 0. The van der Waals surface area contributed by atoms with Gasteiger partial charge in [0, 0.05) is 22.3 Å². The van der Waals surface area contributed by atoms with E-state index in [1.54, 1.807) is 0 Å². The van der Waals surface area contributed by atoms with Gasteiger partial charge in [-0.05, 0) is 101 Å². The molecule has 10 aromatic carbocycles. The smallest absolute Gasteiger partial charge is 0.143 e. The molecule has 272 valence electrons. The summed E-state index contributed by atoms with van der Waals surface area (Å²) in [7, 11) is 0. The molecule has 0 aliphatic rings. The second-order valence-electron chi connectivity index (χ2n) is 15.2. The summed E-state index contributed by atoms with van der Waals surface area (Å²) >= 11 is 0. The summed E-state index contributed by atoms with van der Waals surface area (Å²) in [4.78, 5) is 0. The number of furan rings is 1. The summed E-state index contributed by atoms with van der Waals surface area (Å²) in [5.41, 5.74) is 14.9. The zero-order chi connectivity index (χ0) is 38.4. The molecule has 0 spiro atoms. The summed E-state index contributed by atoms with van der Waals surface area (Å²) in [5.74, 6) is 0.00767. The zero-order valence-electron chi connectivity index (χ0n) is 31.8. The monoisotopic (exact) mass is 738 g/mol. The van der Waals surface area contributed by atoms with Crippen LogP contribution in [0.15, 0.2) is 229 Å². The van der Waals surface area contributed by atoms with Gasteiger partial charge in [0.05, 0.1) is 0 Å². The molecular weight excluding hydrogens is 701 g/mol. The van der Waals surface area contributed by atoms with E-state index in [-0.39, 0.29) is 5.92 Å². The molecule has 1 heterocycles. The van der Waals surface area contributed by atoms with Crippen molar-refractivity contribution in [2.75, 3.05) is 0 Å². The second-order valence-corrected chi connectivity index (χ2v) is 15.2. The third-order valence-corrected chi connectivity index (χ3v) is 11.8. The SMILES string of the molecule is c1ccc(-c2cccc(-c3ccc(-c4cccc(C(c5ccc(-c6ccc7ccccc7c6)cc5)c5cccc6ccccc56)c4)c4c3oc3ccccc34)c2)cc1. The van der Waals surface area contributed by atoms with Crippen LogP contribution in [-0.2, 0) is 0 Å². The van der Waals surface area contributed by atoms with Gasteiger partial charge < -0.3 is 4.42 Å². The molecule has 1 heteroatoms. The van der Waals surface area contributed by atoms with Crippen LogP contribution in [0.2, 0.25) is 0 Å². The minimum absolute atomic E-state index is 0.00767. The molecule has 58 heavy (non-hydrogen) atoms. The molecule has 11 aromatic rings. The maximum atomic E-state index is 6.78. The molecule has 0 fully saturated rings. The molecule has 0 aliphatic carbocycles. The Hall–Kier alpha value is -7.48. The van der Waals surface area contributed by atoms with Crippen LogP contribution in [0, 0.1) is 0 Å². The van der Waals surface area contributed by atoms with Crippen LogP contribution >= 0.6 is 0 Å². The highest BCUT2D eigenvalue weighted by atomic mass is 16.3. The predicted octanol–water partition coefficient (Wildman–Crippen LogP) is 15.7. The number of fused-ring (bicyclic) bond motifs is 5. The van der Waals surface area contributed by atoms with E-state index < -0.39 is 0 Å². The highest BCUT2D eigenvalue weighted by molar-refractivity contribution is 6.16. The van der Waals surface area contributed by atoms with Crippen LogP contribution < -0.4 is 0 Å². The van der Waals surface area contributed by atoms with Gasteiger partial charge in [0.2, 0.25) is 0 Å². The predicted molar refractivity (Wildman–Crippen MR) is 244 cm³/mol. The lowest BCUT2D eigenvalue weighted by Crippen LogP contribution is -2.04. The van der Waals surface area contributed by atoms with Crippen LogP contribution in [0.1, 0.15) is 22.6 Å². The van der Waals surface area contributed by atoms with Gasteiger partial charge in [0.15, 0.2) is 0 Å². The fraction of sp³-hybridized carbons (Fsp3) is 0.0175. The van der Waals surface area contributed by atoms with Gasteiger partial charge in [-0.2, -0.15) is 0 Å². The Balaban J connectivity index is 1.06. The van der Waals surface area contributed by atoms with Gasteiger partial charge in [-0.15, -0.1) is 0 Å². The van der Waals surface area contributed by atoms with Crippen molar-refractivity contribution in [2.24, 2.45) is 0 Å². The number of hydrogen-bond donors (Lipinski definition) is 0. The molecule has 1 atom stereocenters. The Morgan fingerprint density at radius 3 is 1.76 bits per heavy atom. The van der Waals surface area contributed by atoms with Crippen molar-refractivity contribution in [2.45, 2.75) is 5.92 Å². The summed E-state index contributed by atoms with van der Waals surface area (Å²) in [6.45, 7) is 0. The van der Waals surface area contributed by atoms with E-state index in [2.05, 4.69) is 224 Å². The fourth-order valence-electron chi connectivity index (χ4n) is 8.97. The quantitative estimate of drug-likeness (QED) is 0.148. The lowest BCUT2D eigenvalue weighted by atomic mass is 9.81. The molecule has 0 bridgehead atoms. The highest BCUT2D eigenvalue weighted by Crippen LogP contribution is 2.44. The Labute approximate surface area is 338 Å². The standard InChI is InChI=1S/C57H38O/c1-2-13-38(14-3-1)44-19-10-21-47(36-44)51-34-33-50(56-53-24-8-9-26-54(53)58-57(51)56)46-20-11-22-48(37-46)55(52-25-12-18-41-16-6-7-23-49(41)52)42-30-27-40(28-31-42)45-32-29-39-15-4-5-17-43(39)35-45/h1-37,55H. The van der Waals surface area contributed by atoms with Gasteiger partial charge in [-0.25, -0.2) is 0 Å². The van der Waals surface area contributed by atoms with Crippen molar-refractivity contribution in [1.29, 1.82) is 0 Å². The van der Waals surface area contributed by atoms with E-state index >= 15 is 0 Å². The number of rotatable bonds is 7. The van der Waals surface area contributed by atoms with E-state index in [0.717, 1.165) is 44.2 Å². The first kappa shape index (κ1) is 33.8. The average molecular weight is 739 g/mol. The molecule has 0 aliphatic heterocycles. The Kier molecular flexibility index (Phi) is 8.30. The number of hydrogen-bond acceptors (Lipinski definition) is 1. The average Bonchev–Trinajstić information content (AvgIpc) is 3.69. The lowest BCUT2D eigenvalue weighted by Gasteiger charge is -2.22. The minimum atomic E-state index is 0.00767. The molecular formula is C57H38O. The summed E-state index contributed by atoms with van der Waals surface area (Å²) in [5, 5.41) is 7.27. The van der Waals surface area contributed by atoms with E-state index in [0.29, 0.717) is 0 Å². The van der Waals surface area contributed by atoms with Gasteiger partial charge in [0.25, 0.3) is 0 Å². The molecule has 0 saturated heterocycles. The molecule has 0 amide bonds.